The van der Waals surface area contributed by atoms with E-state index in [1.165, 1.54) is 12.8 Å². The summed E-state index contributed by atoms with van der Waals surface area (Å²) in [5.41, 5.74) is 0. The molecule has 0 amide bonds. The van der Waals surface area contributed by atoms with Gasteiger partial charge in [0, 0.05) is 13.1 Å². The number of carbonyl (C=O) groups excluding carboxylic acids is 1. The fourth-order valence-electron chi connectivity index (χ4n) is 1.12. The Morgan fingerprint density at radius 3 is 2.64 bits per heavy atom. The highest BCUT2D eigenvalue weighted by atomic mass is 16.6. The molecule has 1 rings (SSSR count). The number of aliphatic hydroxyl groups is 1. The molecular weight excluding hydrogens is 146 g/mol. The molecule has 0 unspecified atom stereocenters. The third-order valence-electron chi connectivity index (χ3n) is 1.74. The third-order valence-corrected chi connectivity index (χ3v) is 1.74. The summed E-state index contributed by atoms with van der Waals surface area (Å²) in [7, 11) is 0. The number of nitrogens with zero attached hydrogens (tertiary/aromatic N) is 1. The van der Waals surface area contributed by atoms with Crippen molar-refractivity contribution in [3.63, 3.8) is 0 Å². The summed E-state index contributed by atoms with van der Waals surface area (Å²) >= 11 is 0. The van der Waals surface area contributed by atoms with Crippen LogP contribution in [-0.2, 0) is 9.53 Å². The zero-order valence-electron chi connectivity index (χ0n) is 6.45. The second-order valence-corrected chi connectivity index (χ2v) is 2.63. The largest absolute Gasteiger partial charge is 0.448 e. The van der Waals surface area contributed by atoms with Gasteiger partial charge in [-0.2, -0.15) is 0 Å². The minimum Gasteiger partial charge on any atom is -0.448 e. The third kappa shape index (κ3) is 2.86. The van der Waals surface area contributed by atoms with E-state index in [1.54, 1.807) is 0 Å². The van der Waals surface area contributed by atoms with Gasteiger partial charge in [-0.1, -0.05) is 0 Å². The van der Waals surface area contributed by atoms with Gasteiger partial charge in [-0.05, 0) is 12.8 Å². The number of ether oxygens (including phenoxy) is 1. The number of esters is 1. The van der Waals surface area contributed by atoms with Crippen molar-refractivity contribution in [2.75, 3.05) is 26.4 Å². The highest BCUT2D eigenvalue weighted by Crippen LogP contribution is 2.06. The lowest BCUT2D eigenvalue weighted by molar-refractivity contribution is -0.151. The van der Waals surface area contributed by atoms with Gasteiger partial charge in [0.05, 0.1) is 0 Å². The van der Waals surface area contributed by atoms with Crippen molar-refractivity contribution in [1.29, 1.82) is 0 Å². The van der Waals surface area contributed by atoms with Crippen molar-refractivity contribution < 1.29 is 14.6 Å². The van der Waals surface area contributed by atoms with E-state index in [9.17, 15) is 4.79 Å². The van der Waals surface area contributed by atoms with Crippen LogP contribution in [-0.4, -0.2) is 42.4 Å². The Bertz CT molecular complexity index is 132. The van der Waals surface area contributed by atoms with Crippen molar-refractivity contribution in [3.8, 4) is 0 Å². The van der Waals surface area contributed by atoms with Crippen molar-refractivity contribution >= 4 is 5.97 Å². The molecule has 0 bridgehead atoms. The Kier molecular flexibility index (Phi) is 3.32. The average Bonchev–Trinajstić information content (AvgIpc) is 2.52. The lowest BCUT2D eigenvalue weighted by Crippen LogP contribution is -2.25. The topological polar surface area (TPSA) is 49.8 Å². The van der Waals surface area contributed by atoms with E-state index in [1.807, 2.05) is 4.90 Å². The monoisotopic (exact) mass is 159 g/mol. The molecule has 1 aliphatic rings. The summed E-state index contributed by atoms with van der Waals surface area (Å²) < 4.78 is 4.71. The van der Waals surface area contributed by atoms with Crippen molar-refractivity contribution in [2.24, 2.45) is 0 Å². The summed E-state index contributed by atoms with van der Waals surface area (Å²) in [6.07, 6.45) is 2.35. The molecule has 0 spiro atoms. The summed E-state index contributed by atoms with van der Waals surface area (Å²) in [6, 6.07) is 0. The van der Waals surface area contributed by atoms with Crippen LogP contribution < -0.4 is 0 Å². The number of hydrogen-bond acceptors (Lipinski definition) is 4. The molecule has 0 atom stereocenters. The lowest BCUT2D eigenvalue weighted by atomic mass is 10.4. The van der Waals surface area contributed by atoms with E-state index in [4.69, 9.17) is 9.84 Å². The zero-order chi connectivity index (χ0) is 8.10. The van der Waals surface area contributed by atoms with Gasteiger partial charge in [0.15, 0.2) is 0 Å². The molecule has 0 saturated carbocycles. The highest BCUT2D eigenvalue weighted by Gasteiger charge is 2.12. The average molecular weight is 159 g/mol. The Balaban J connectivity index is 2.06. The highest BCUT2D eigenvalue weighted by molar-refractivity contribution is 5.70. The summed E-state index contributed by atoms with van der Waals surface area (Å²) in [4.78, 5) is 12.5. The minimum absolute atomic E-state index is 0.333. The summed E-state index contributed by atoms with van der Waals surface area (Å²) in [5, 5.41) is 8.32. The molecule has 1 fully saturated rings. The number of likely N-dealkylation sites (tertiary alicyclic amines) is 1. The molecule has 1 aliphatic heterocycles. The van der Waals surface area contributed by atoms with Gasteiger partial charge < -0.3 is 9.84 Å². The van der Waals surface area contributed by atoms with Crippen LogP contribution in [0.2, 0.25) is 0 Å². The second kappa shape index (κ2) is 4.31. The van der Waals surface area contributed by atoms with Gasteiger partial charge in [-0.15, -0.1) is 0 Å². The first-order chi connectivity index (χ1) is 5.33. The standard InChI is InChI=1S/C7H13NO3/c9-5-7(10)11-6-8-3-1-2-4-8/h9H,1-6H2. The Labute approximate surface area is 65.8 Å². The van der Waals surface area contributed by atoms with E-state index < -0.39 is 12.6 Å². The first-order valence-corrected chi connectivity index (χ1v) is 3.82. The molecule has 1 heterocycles. The molecule has 0 aromatic rings. The van der Waals surface area contributed by atoms with E-state index in [0.717, 1.165) is 13.1 Å². The van der Waals surface area contributed by atoms with Gasteiger partial charge in [-0.25, -0.2) is 4.79 Å². The molecule has 11 heavy (non-hydrogen) atoms. The van der Waals surface area contributed by atoms with Crippen LogP contribution in [0.15, 0.2) is 0 Å². The van der Waals surface area contributed by atoms with Crippen LogP contribution in [0.25, 0.3) is 0 Å². The summed E-state index contributed by atoms with van der Waals surface area (Å²) in [5.74, 6) is -0.545. The van der Waals surface area contributed by atoms with E-state index >= 15 is 0 Å². The fourth-order valence-corrected chi connectivity index (χ4v) is 1.12. The number of carbonyl (C=O) groups is 1. The SMILES string of the molecule is O=C(CO)OCN1CCCC1. The maximum absolute atomic E-state index is 10.5. The van der Waals surface area contributed by atoms with Gasteiger partial charge in [-0.3, -0.25) is 4.90 Å². The molecule has 1 saturated heterocycles. The lowest BCUT2D eigenvalue weighted by Gasteiger charge is -2.13. The maximum atomic E-state index is 10.5. The maximum Gasteiger partial charge on any atom is 0.333 e. The normalized spacial score (nSPS) is 18.6. The Morgan fingerprint density at radius 1 is 1.45 bits per heavy atom. The number of rotatable bonds is 3. The van der Waals surface area contributed by atoms with Crippen LogP contribution in [0.4, 0.5) is 0 Å². The quantitative estimate of drug-likeness (QED) is 0.568. The van der Waals surface area contributed by atoms with Crippen LogP contribution in [0.3, 0.4) is 0 Å². The van der Waals surface area contributed by atoms with Gasteiger partial charge in [0.25, 0.3) is 0 Å². The van der Waals surface area contributed by atoms with Gasteiger partial charge >= 0.3 is 5.97 Å². The van der Waals surface area contributed by atoms with Crippen LogP contribution in [0.5, 0.6) is 0 Å². The van der Waals surface area contributed by atoms with Crippen molar-refractivity contribution in [3.05, 3.63) is 0 Å². The first-order valence-electron chi connectivity index (χ1n) is 3.82. The molecule has 0 aromatic heterocycles. The first kappa shape index (κ1) is 8.49. The summed E-state index contributed by atoms with van der Waals surface area (Å²) in [6.45, 7) is 1.81. The zero-order valence-corrected chi connectivity index (χ0v) is 6.45. The Hall–Kier alpha value is -0.610. The number of hydrogen-bond donors (Lipinski definition) is 1. The number of aliphatic hydroxyl groups excluding tert-OH is 1. The van der Waals surface area contributed by atoms with Crippen molar-refractivity contribution in [2.45, 2.75) is 12.8 Å². The molecular formula is C7H13NO3. The molecule has 1 N–H and O–H groups in total. The predicted molar refractivity (Wildman–Crippen MR) is 38.9 cm³/mol. The molecule has 0 aliphatic carbocycles. The fraction of sp³-hybridized carbons (Fsp3) is 0.857. The second-order valence-electron chi connectivity index (χ2n) is 2.63. The predicted octanol–water partition coefficient (Wildman–Crippen LogP) is -0.425. The molecule has 64 valence electrons. The van der Waals surface area contributed by atoms with E-state index in [2.05, 4.69) is 0 Å². The molecule has 4 nitrogen and oxygen atoms in total. The van der Waals surface area contributed by atoms with Crippen molar-refractivity contribution in [1.82, 2.24) is 4.90 Å². The molecule has 4 heteroatoms. The molecule has 0 aromatic carbocycles. The smallest absolute Gasteiger partial charge is 0.333 e. The molecule has 0 radical (unpaired) electrons. The van der Waals surface area contributed by atoms with Gasteiger partial charge in [0.2, 0.25) is 0 Å². The van der Waals surface area contributed by atoms with Crippen LogP contribution in [0.1, 0.15) is 12.8 Å². The van der Waals surface area contributed by atoms with Crippen LogP contribution >= 0.6 is 0 Å². The van der Waals surface area contributed by atoms with E-state index in [0.29, 0.717) is 6.73 Å². The minimum atomic E-state index is -0.545. The van der Waals surface area contributed by atoms with E-state index in [-0.39, 0.29) is 0 Å². The Morgan fingerprint density at radius 2 is 2.09 bits per heavy atom. The van der Waals surface area contributed by atoms with Crippen LogP contribution in [0, 0.1) is 0 Å². The van der Waals surface area contributed by atoms with Gasteiger partial charge in [0.1, 0.15) is 13.3 Å².